The lowest BCUT2D eigenvalue weighted by Gasteiger charge is -2.19. The summed E-state index contributed by atoms with van der Waals surface area (Å²) in [6.07, 6.45) is 0.933. The van der Waals surface area contributed by atoms with E-state index in [4.69, 9.17) is 5.11 Å². The van der Waals surface area contributed by atoms with Crippen LogP contribution in [0.1, 0.15) is 31.9 Å². The van der Waals surface area contributed by atoms with Gasteiger partial charge in [0.2, 0.25) is 0 Å². The highest BCUT2D eigenvalue weighted by atomic mass is 32.2. The molecule has 0 heterocycles. The molecule has 0 radical (unpaired) electrons. The van der Waals surface area contributed by atoms with Crippen LogP contribution in [0.15, 0.2) is 24.3 Å². The van der Waals surface area contributed by atoms with E-state index >= 15 is 0 Å². The van der Waals surface area contributed by atoms with E-state index in [0.29, 0.717) is 0 Å². The van der Waals surface area contributed by atoms with Crippen LogP contribution in [0.4, 0.5) is 0 Å². The predicted molar refractivity (Wildman–Crippen MR) is 73.8 cm³/mol. The van der Waals surface area contributed by atoms with Crippen LogP contribution in [0, 0.1) is 0 Å². The maximum Gasteiger partial charge on any atom is 0.313 e. The van der Waals surface area contributed by atoms with Crippen molar-refractivity contribution in [3.63, 3.8) is 0 Å². The first-order valence-electron chi connectivity index (χ1n) is 5.78. The van der Waals surface area contributed by atoms with E-state index in [-0.39, 0.29) is 11.2 Å². The number of rotatable bonds is 5. The number of carboxylic acids is 1. The Hall–Kier alpha value is -0.960. The highest BCUT2D eigenvalue weighted by Gasteiger charge is 2.12. The summed E-state index contributed by atoms with van der Waals surface area (Å²) in [6, 6.07) is 8.61. The lowest BCUT2D eigenvalue weighted by molar-refractivity contribution is -0.133. The van der Waals surface area contributed by atoms with E-state index in [9.17, 15) is 4.79 Å². The number of carbonyl (C=O) groups is 1. The van der Waals surface area contributed by atoms with Crippen molar-refractivity contribution in [1.82, 2.24) is 0 Å². The van der Waals surface area contributed by atoms with Gasteiger partial charge in [-0.2, -0.15) is 0 Å². The Morgan fingerprint density at radius 1 is 1.24 bits per heavy atom. The maximum absolute atomic E-state index is 10.3. The average molecular weight is 252 g/mol. The van der Waals surface area contributed by atoms with Gasteiger partial charge in [0.15, 0.2) is 0 Å². The number of carboxylic acid groups (broad SMARTS) is 1. The molecule has 1 aromatic carbocycles. The molecule has 0 spiro atoms. The van der Waals surface area contributed by atoms with Crippen LogP contribution < -0.4 is 0 Å². The Morgan fingerprint density at radius 3 is 2.29 bits per heavy atom. The molecule has 0 unspecified atom stereocenters. The summed E-state index contributed by atoms with van der Waals surface area (Å²) < 4.78 is 0. The standard InChI is InChI=1S/C14H20O2S/c1-14(2,3)12-6-4-11(5-7-12)8-9-17-10-13(15)16/h4-7H,8-10H2,1-3H3,(H,15,16). The molecule has 2 nitrogen and oxygen atoms in total. The zero-order valence-corrected chi connectivity index (χ0v) is 11.5. The van der Waals surface area contributed by atoms with Gasteiger partial charge in [-0.3, -0.25) is 4.79 Å². The predicted octanol–water partition coefficient (Wildman–Crippen LogP) is 3.34. The molecule has 0 aliphatic rings. The maximum atomic E-state index is 10.3. The minimum absolute atomic E-state index is 0.191. The van der Waals surface area contributed by atoms with Crippen LogP contribution in [0.25, 0.3) is 0 Å². The first-order chi connectivity index (χ1) is 7.89. The SMILES string of the molecule is CC(C)(C)c1ccc(CCSCC(=O)O)cc1. The second-order valence-corrected chi connectivity index (χ2v) is 6.25. The third-order valence-corrected chi connectivity index (χ3v) is 3.52. The highest BCUT2D eigenvalue weighted by molar-refractivity contribution is 7.99. The monoisotopic (exact) mass is 252 g/mol. The van der Waals surface area contributed by atoms with Gasteiger partial charge in [0.25, 0.3) is 0 Å². The number of benzene rings is 1. The molecule has 1 rings (SSSR count). The summed E-state index contributed by atoms with van der Waals surface area (Å²) >= 11 is 1.47. The Labute approximate surface area is 107 Å². The minimum Gasteiger partial charge on any atom is -0.481 e. The minimum atomic E-state index is -0.738. The number of thioether (sulfide) groups is 1. The molecule has 94 valence electrons. The van der Waals surface area contributed by atoms with Crippen LogP contribution in [0.2, 0.25) is 0 Å². The molecule has 3 heteroatoms. The second-order valence-electron chi connectivity index (χ2n) is 5.14. The van der Waals surface area contributed by atoms with Crippen molar-refractivity contribution in [3.05, 3.63) is 35.4 Å². The molecule has 0 saturated carbocycles. The van der Waals surface area contributed by atoms with Crippen LogP contribution in [0.3, 0.4) is 0 Å². The topological polar surface area (TPSA) is 37.3 Å². The first-order valence-corrected chi connectivity index (χ1v) is 6.94. The van der Waals surface area contributed by atoms with Gasteiger partial charge in [0.1, 0.15) is 0 Å². The van der Waals surface area contributed by atoms with Crippen molar-refractivity contribution in [2.24, 2.45) is 0 Å². The largest absolute Gasteiger partial charge is 0.481 e. The molecule has 17 heavy (non-hydrogen) atoms. The fourth-order valence-electron chi connectivity index (χ4n) is 1.52. The van der Waals surface area contributed by atoms with Crippen molar-refractivity contribution >= 4 is 17.7 Å². The zero-order chi connectivity index (χ0) is 12.9. The number of aryl methyl sites for hydroxylation is 1. The van der Waals surface area contributed by atoms with Gasteiger partial charge in [0.05, 0.1) is 5.75 Å². The van der Waals surface area contributed by atoms with Crippen LogP contribution >= 0.6 is 11.8 Å². The number of hydrogen-bond donors (Lipinski definition) is 1. The van der Waals surface area contributed by atoms with E-state index in [2.05, 4.69) is 45.0 Å². The van der Waals surface area contributed by atoms with Gasteiger partial charge in [-0.25, -0.2) is 0 Å². The van der Waals surface area contributed by atoms with E-state index in [1.54, 1.807) is 0 Å². The quantitative estimate of drug-likeness (QED) is 0.817. The molecule has 1 aromatic rings. The third kappa shape index (κ3) is 5.26. The number of hydrogen-bond acceptors (Lipinski definition) is 2. The summed E-state index contributed by atoms with van der Waals surface area (Å²) in [5.41, 5.74) is 2.80. The fraction of sp³-hybridized carbons (Fsp3) is 0.500. The van der Waals surface area contributed by atoms with Gasteiger partial charge in [0, 0.05) is 0 Å². The van der Waals surface area contributed by atoms with Crippen LogP contribution in [-0.4, -0.2) is 22.6 Å². The normalized spacial score (nSPS) is 11.5. The molecule has 0 atom stereocenters. The molecular formula is C14H20O2S. The van der Waals surface area contributed by atoms with Crippen molar-refractivity contribution in [2.45, 2.75) is 32.6 Å². The van der Waals surface area contributed by atoms with E-state index in [1.807, 2.05) is 0 Å². The lowest BCUT2D eigenvalue weighted by Crippen LogP contribution is -2.10. The molecule has 0 amide bonds. The molecule has 0 bridgehead atoms. The van der Waals surface area contributed by atoms with Crippen LogP contribution in [-0.2, 0) is 16.6 Å². The van der Waals surface area contributed by atoms with Gasteiger partial charge >= 0.3 is 5.97 Å². The van der Waals surface area contributed by atoms with Crippen LogP contribution in [0.5, 0.6) is 0 Å². The molecular weight excluding hydrogens is 232 g/mol. The van der Waals surface area contributed by atoms with Gasteiger partial charge in [-0.15, -0.1) is 11.8 Å². The van der Waals surface area contributed by atoms with E-state index < -0.39 is 5.97 Å². The van der Waals surface area contributed by atoms with E-state index in [1.165, 1.54) is 22.9 Å². The summed E-state index contributed by atoms with van der Waals surface area (Å²) in [5, 5.41) is 8.52. The third-order valence-electron chi connectivity index (χ3n) is 2.58. The number of aliphatic carboxylic acids is 1. The van der Waals surface area contributed by atoms with Gasteiger partial charge < -0.3 is 5.11 Å². The Balaban J connectivity index is 2.43. The molecule has 0 aromatic heterocycles. The zero-order valence-electron chi connectivity index (χ0n) is 10.7. The lowest BCUT2D eigenvalue weighted by atomic mass is 9.86. The van der Waals surface area contributed by atoms with Gasteiger partial charge in [-0.1, -0.05) is 45.0 Å². The molecule has 0 aliphatic carbocycles. The Morgan fingerprint density at radius 2 is 1.82 bits per heavy atom. The smallest absolute Gasteiger partial charge is 0.313 e. The summed E-state index contributed by atoms with van der Waals surface area (Å²) in [6.45, 7) is 6.60. The van der Waals surface area contributed by atoms with Gasteiger partial charge in [-0.05, 0) is 28.7 Å². The summed E-state index contributed by atoms with van der Waals surface area (Å²) in [7, 11) is 0. The van der Waals surface area contributed by atoms with Crippen molar-refractivity contribution in [1.29, 1.82) is 0 Å². The molecule has 0 aliphatic heterocycles. The average Bonchev–Trinajstić information content (AvgIpc) is 2.23. The fourth-order valence-corrected chi connectivity index (χ4v) is 2.22. The first kappa shape index (κ1) is 14.1. The highest BCUT2D eigenvalue weighted by Crippen LogP contribution is 2.22. The summed E-state index contributed by atoms with van der Waals surface area (Å²) in [5.74, 6) is 0.319. The Kier molecular flexibility index (Phi) is 5.06. The van der Waals surface area contributed by atoms with Crippen molar-refractivity contribution < 1.29 is 9.90 Å². The van der Waals surface area contributed by atoms with E-state index in [0.717, 1.165) is 12.2 Å². The van der Waals surface area contributed by atoms with Crippen molar-refractivity contribution in [2.75, 3.05) is 11.5 Å². The Bertz CT molecular complexity index is 363. The molecule has 1 N–H and O–H groups in total. The second kappa shape index (κ2) is 6.10. The molecule has 0 saturated heterocycles. The molecule has 0 fully saturated rings. The summed E-state index contributed by atoms with van der Waals surface area (Å²) in [4.78, 5) is 10.3. The van der Waals surface area contributed by atoms with Crippen molar-refractivity contribution in [3.8, 4) is 0 Å².